The van der Waals surface area contributed by atoms with Crippen LogP contribution in [0.1, 0.15) is 11.1 Å². The lowest BCUT2D eigenvalue weighted by atomic mass is 10.1. The lowest BCUT2D eigenvalue weighted by Gasteiger charge is -2.13. The molecular weight excluding hydrogens is 401 g/mol. The molecule has 0 aromatic heterocycles. The van der Waals surface area contributed by atoms with E-state index in [2.05, 4.69) is 20.3 Å². The molecule has 2 aromatic carbocycles. The summed E-state index contributed by atoms with van der Waals surface area (Å²) in [5.74, 6) is 0.128. The number of non-ortho nitro benzene ring substituents is 1. The van der Waals surface area contributed by atoms with Crippen molar-refractivity contribution in [2.75, 3.05) is 20.1 Å². The topological polar surface area (TPSA) is 126 Å². The number of aliphatic imine (C=N–C) groups is 1. The van der Waals surface area contributed by atoms with Crippen molar-refractivity contribution in [2.24, 2.45) is 4.99 Å². The Morgan fingerprint density at radius 3 is 2.59 bits per heavy atom. The van der Waals surface area contributed by atoms with Gasteiger partial charge in [0.2, 0.25) is 10.0 Å². The predicted molar refractivity (Wildman–Crippen MR) is 108 cm³/mol. The van der Waals surface area contributed by atoms with Gasteiger partial charge in [-0.15, -0.1) is 0 Å². The summed E-state index contributed by atoms with van der Waals surface area (Å²) >= 11 is 0. The fourth-order valence-electron chi connectivity index (χ4n) is 2.37. The summed E-state index contributed by atoms with van der Waals surface area (Å²) in [6.07, 6.45) is 0. The van der Waals surface area contributed by atoms with E-state index >= 15 is 0 Å². The van der Waals surface area contributed by atoms with Crippen LogP contribution in [0.5, 0.6) is 0 Å². The number of nitro benzene ring substituents is 1. The van der Waals surface area contributed by atoms with Crippen LogP contribution in [-0.4, -0.2) is 39.4 Å². The van der Waals surface area contributed by atoms with Gasteiger partial charge in [0.1, 0.15) is 5.82 Å². The van der Waals surface area contributed by atoms with Crippen molar-refractivity contribution >= 4 is 21.7 Å². The van der Waals surface area contributed by atoms with Crippen LogP contribution in [0.25, 0.3) is 0 Å². The van der Waals surface area contributed by atoms with Crippen LogP contribution in [0, 0.1) is 22.9 Å². The maximum absolute atomic E-state index is 13.6. The average Bonchev–Trinajstić information content (AvgIpc) is 2.70. The number of benzene rings is 2. The zero-order valence-electron chi connectivity index (χ0n) is 16.0. The van der Waals surface area contributed by atoms with Crippen LogP contribution in [0.4, 0.5) is 10.1 Å². The monoisotopic (exact) mass is 423 g/mol. The molecule has 9 nitrogen and oxygen atoms in total. The zero-order valence-corrected chi connectivity index (χ0v) is 16.8. The molecule has 11 heteroatoms. The van der Waals surface area contributed by atoms with Crippen molar-refractivity contribution in [3.63, 3.8) is 0 Å². The lowest BCUT2D eigenvalue weighted by Crippen LogP contribution is -2.41. The quantitative estimate of drug-likeness (QED) is 0.195. The van der Waals surface area contributed by atoms with E-state index in [-0.39, 0.29) is 29.5 Å². The molecular formula is C18H22FN5O4S. The highest BCUT2D eigenvalue weighted by molar-refractivity contribution is 7.89. The van der Waals surface area contributed by atoms with E-state index in [1.807, 2.05) is 0 Å². The molecule has 0 aliphatic heterocycles. The maximum Gasteiger partial charge on any atom is 0.270 e. The molecule has 0 saturated heterocycles. The average molecular weight is 423 g/mol. The van der Waals surface area contributed by atoms with Gasteiger partial charge in [0.25, 0.3) is 5.69 Å². The van der Waals surface area contributed by atoms with Crippen molar-refractivity contribution in [1.29, 1.82) is 0 Å². The molecule has 0 aliphatic rings. The molecule has 0 heterocycles. The number of aryl methyl sites for hydroxylation is 1. The Morgan fingerprint density at radius 1 is 1.17 bits per heavy atom. The molecule has 0 fully saturated rings. The molecule has 0 saturated carbocycles. The highest BCUT2D eigenvalue weighted by atomic mass is 32.2. The summed E-state index contributed by atoms with van der Waals surface area (Å²) in [7, 11) is -2.33. The molecule has 0 unspecified atom stereocenters. The molecule has 2 rings (SSSR count). The second-order valence-corrected chi connectivity index (χ2v) is 7.86. The van der Waals surface area contributed by atoms with Crippen molar-refractivity contribution in [2.45, 2.75) is 18.4 Å². The van der Waals surface area contributed by atoms with Crippen LogP contribution in [0.2, 0.25) is 0 Å². The Hall–Kier alpha value is -3.05. The van der Waals surface area contributed by atoms with Crippen LogP contribution in [-0.2, 0) is 16.6 Å². The van der Waals surface area contributed by atoms with Gasteiger partial charge in [-0.05, 0) is 30.2 Å². The number of guanidine groups is 1. The van der Waals surface area contributed by atoms with E-state index in [0.717, 1.165) is 11.6 Å². The number of nitro groups is 1. The minimum Gasteiger partial charge on any atom is -0.355 e. The van der Waals surface area contributed by atoms with Gasteiger partial charge >= 0.3 is 0 Å². The fraction of sp³-hybridized carbons (Fsp3) is 0.278. The molecule has 0 spiro atoms. The van der Waals surface area contributed by atoms with Gasteiger partial charge in [0.05, 0.1) is 9.82 Å². The van der Waals surface area contributed by atoms with Gasteiger partial charge in [0.15, 0.2) is 5.96 Å². The summed E-state index contributed by atoms with van der Waals surface area (Å²) < 4.78 is 40.4. The summed E-state index contributed by atoms with van der Waals surface area (Å²) in [5, 5.41) is 16.7. The lowest BCUT2D eigenvalue weighted by molar-refractivity contribution is -0.385. The van der Waals surface area contributed by atoms with Gasteiger partial charge in [-0.1, -0.05) is 18.2 Å². The highest BCUT2D eigenvalue weighted by Gasteiger charge is 2.17. The van der Waals surface area contributed by atoms with E-state index in [4.69, 9.17) is 0 Å². The number of nitrogens with zero attached hydrogens (tertiary/aromatic N) is 2. The number of hydrogen-bond donors (Lipinski definition) is 3. The highest BCUT2D eigenvalue weighted by Crippen LogP contribution is 2.16. The Labute approximate surface area is 168 Å². The second kappa shape index (κ2) is 9.94. The third-order valence-corrected chi connectivity index (χ3v) is 5.43. The summed E-state index contributed by atoms with van der Waals surface area (Å²) in [5.41, 5.74) is 0.998. The molecule has 29 heavy (non-hydrogen) atoms. The standard InChI is InChI=1S/C18H22FN5O4S/c1-13-6-7-14(10-17(13)19)12-22-18(20-2)21-8-9-23-29(27,28)16-5-3-4-15(11-16)24(25)26/h3-7,10-11,23H,8-9,12H2,1-2H3,(H2,20,21,22). The van der Waals surface area contributed by atoms with Crippen molar-refractivity contribution in [3.05, 3.63) is 69.5 Å². The number of nitrogens with one attached hydrogen (secondary N) is 3. The van der Waals surface area contributed by atoms with Gasteiger partial charge in [-0.3, -0.25) is 15.1 Å². The number of rotatable bonds is 8. The minimum absolute atomic E-state index is 0.0326. The van der Waals surface area contributed by atoms with E-state index in [0.29, 0.717) is 18.1 Å². The fourth-order valence-corrected chi connectivity index (χ4v) is 3.44. The van der Waals surface area contributed by atoms with Crippen LogP contribution >= 0.6 is 0 Å². The Balaban J connectivity index is 1.84. The number of hydrogen-bond acceptors (Lipinski definition) is 5. The molecule has 0 bridgehead atoms. The predicted octanol–water partition coefficient (Wildman–Crippen LogP) is 1.69. The SMILES string of the molecule is CN=C(NCCNS(=O)(=O)c1cccc([N+](=O)[O-])c1)NCc1ccc(C)c(F)c1. The molecule has 3 N–H and O–H groups in total. The van der Waals surface area contributed by atoms with Gasteiger partial charge in [0, 0.05) is 38.8 Å². The first-order valence-corrected chi connectivity index (χ1v) is 10.1. The molecule has 0 amide bonds. The largest absolute Gasteiger partial charge is 0.355 e. The van der Waals surface area contributed by atoms with Gasteiger partial charge in [-0.2, -0.15) is 0 Å². The van der Waals surface area contributed by atoms with E-state index in [9.17, 15) is 22.9 Å². The van der Waals surface area contributed by atoms with E-state index in [1.54, 1.807) is 26.1 Å². The van der Waals surface area contributed by atoms with Crippen molar-refractivity contribution in [1.82, 2.24) is 15.4 Å². The molecule has 0 aliphatic carbocycles. The first kappa shape index (κ1) is 22.2. The summed E-state index contributed by atoms with van der Waals surface area (Å²) in [6.45, 7) is 2.28. The molecule has 2 aromatic rings. The molecule has 156 valence electrons. The van der Waals surface area contributed by atoms with Crippen molar-refractivity contribution in [3.8, 4) is 0 Å². The Bertz CT molecular complexity index is 1010. The normalized spacial score (nSPS) is 11.9. The third-order valence-electron chi connectivity index (χ3n) is 3.97. The summed E-state index contributed by atoms with van der Waals surface area (Å²) in [6, 6.07) is 9.72. The maximum atomic E-state index is 13.6. The molecule has 0 atom stereocenters. The smallest absolute Gasteiger partial charge is 0.270 e. The minimum atomic E-state index is -3.88. The van der Waals surface area contributed by atoms with Gasteiger partial charge < -0.3 is 10.6 Å². The van der Waals surface area contributed by atoms with E-state index < -0.39 is 14.9 Å². The van der Waals surface area contributed by atoms with Crippen molar-refractivity contribution < 1.29 is 17.7 Å². The van der Waals surface area contributed by atoms with E-state index in [1.165, 1.54) is 24.3 Å². The second-order valence-electron chi connectivity index (χ2n) is 6.09. The number of halogens is 1. The number of sulfonamides is 1. The Morgan fingerprint density at radius 2 is 1.93 bits per heavy atom. The van der Waals surface area contributed by atoms with Crippen LogP contribution in [0.15, 0.2) is 52.4 Å². The first-order valence-electron chi connectivity index (χ1n) is 8.66. The first-order chi connectivity index (χ1) is 13.7. The van der Waals surface area contributed by atoms with Crippen LogP contribution in [0.3, 0.4) is 0 Å². The summed E-state index contributed by atoms with van der Waals surface area (Å²) in [4.78, 5) is 14.0. The molecule has 0 radical (unpaired) electrons. The van der Waals surface area contributed by atoms with Crippen LogP contribution < -0.4 is 15.4 Å². The Kier molecular flexibility index (Phi) is 7.62. The third kappa shape index (κ3) is 6.50. The van der Waals surface area contributed by atoms with Gasteiger partial charge in [-0.25, -0.2) is 17.5 Å². The zero-order chi connectivity index (χ0) is 21.4.